The second-order valence-corrected chi connectivity index (χ2v) is 26.3. The van der Waals surface area contributed by atoms with Crippen LogP contribution in [0.2, 0.25) is 0 Å². The first-order chi connectivity index (χ1) is 43.0. The average Bonchev–Trinajstić information content (AvgIpc) is 3.58. The third kappa shape index (κ3) is 71.2. The third-order valence-electron chi connectivity index (χ3n) is 15.2. The number of nitrogens with zero attached hydrogens (tertiary/aromatic N) is 1. The van der Waals surface area contributed by atoms with Crippen LogP contribution in [0.3, 0.4) is 0 Å². The summed E-state index contributed by atoms with van der Waals surface area (Å²) in [5.41, 5.74) is 0. The lowest BCUT2D eigenvalue weighted by Crippen LogP contribution is -2.37. The lowest BCUT2D eigenvalue weighted by Gasteiger charge is -2.24. The van der Waals surface area contributed by atoms with E-state index in [2.05, 4.69) is 148 Å². The minimum Gasteiger partial charge on any atom is -0.462 e. The number of phosphoric acid groups is 1. The van der Waals surface area contributed by atoms with Crippen LogP contribution in [-0.2, 0) is 32.7 Å². The lowest BCUT2D eigenvalue weighted by molar-refractivity contribution is -0.870. The fraction of sp³-hybridized carbons (Fsp3) is 0.692. The maximum atomic E-state index is 12.9. The van der Waals surface area contributed by atoms with E-state index in [4.69, 9.17) is 18.5 Å². The molecule has 9 nitrogen and oxygen atoms in total. The molecular formula is C78H135NO8P+. The number of hydrogen-bond donors (Lipinski definition) is 1. The zero-order valence-corrected chi connectivity index (χ0v) is 58.3. The number of allylic oxidation sites excluding steroid dienone is 22. The van der Waals surface area contributed by atoms with Gasteiger partial charge in [0.05, 0.1) is 27.7 Å². The first kappa shape index (κ1) is 84.2. The first-order valence-electron chi connectivity index (χ1n) is 35.9. The number of carbonyl (C=O) groups excluding carboxylic acids is 2. The number of quaternary nitrogens is 1. The van der Waals surface area contributed by atoms with Crippen LogP contribution in [0.4, 0.5) is 0 Å². The molecule has 1 N–H and O–H groups in total. The highest BCUT2D eigenvalue weighted by Crippen LogP contribution is 2.43. The van der Waals surface area contributed by atoms with Crippen molar-refractivity contribution in [2.75, 3.05) is 47.5 Å². The van der Waals surface area contributed by atoms with E-state index in [1.807, 2.05) is 21.1 Å². The minimum atomic E-state index is -4.40. The highest BCUT2D eigenvalue weighted by atomic mass is 31.2. The summed E-state index contributed by atoms with van der Waals surface area (Å²) in [6.45, 7) is 4.21. The van der Waals surface area contributed by atoms with Crippen molar-refractivity contribution in [3.63, 3.8) is 0 Å². The third-order valence-corrected chi connectivity index (χ3v) is 16.2. The second-order valence-electron chi connectivity index (χ2n) is 24.9. The Morgan fingerprint density at radius 3 is 0.909 bits per heavy atom. The highest BCUT2D eigenvalue weighted by molar-refractivity contribution is 7.47. The zero-order valence-electron chi connectivity index (χ0n) is 57.4. The molecule has 88 heavy (non-hydrogen) atoms. The number of phosphoric ester groups is 1. The molecule has 0 saturated heterocycles. The number of ether oxygens (including phenoxy) is 2. The van der Waals surface area contributed by atoms with Crippen molar-refractivity contribution >= 4 is 19.8 Å². The summed E-state index contributed by atoms with van der Waals surface area (Å²) in [7, 11) is 1.47. The fourth-order valence-electron chi connectivity index (χ4n) is 9.75. The summed E-state index contributed by atoms with van der Waals surface area (Å²) in [5.74, 6) is -0.806. The maximum Gasteiger partial charge on any atom is 0.472 e. The number of unbranched alkanes of at least 4 members (excludes halogenated alkanes) is 29. The molecule has 0 aromatic rings. The average molecular weight is 1250 g/mol. The van der Waals surface area contributed by atoms with Gasteiger partial charge in [-0.25, -0.2) is 4.57 Å². The van der Waals surface area contributed by atoms with Crippen LogP contribution in [0.1, 0.15) is 296 Å². The molecule has 0 bridgehead atoms. The van der Waals surface area contributed by atoms with Crippen LogP contribution in [0.5, 0.6) is 0 Å². The zero-order chi connectivity index (χ0) is 64.1. The Hall–Kier alpha value is -3.85. The maximum absolute atomic E-state index is 12.9. The normalized spacial score (nSPS) is 13.9. The van der Waals surface area contributed by atoms with E-state index >= 15 is 0 Å². The molecule has 0 aliphatic heterocycles. The van der Waals surface area contributed by atoms with Gasteiger partial charge in [-0.2, -0.15) is 0 Å². The number of rotatable bonds is 65. The Bertz CT molecular complexity index is 1950. The van der Waals surface area contributed by atoms with E-state index in [0.717, 1.165) is 116 Å². The molecule has 504 valence electrons. The molecular weight excluding hydrogens is 1110 g/mol. The van der Waals surface area contributed by atoms with E-state index in [0.29, 0.717) is 17.4 Å². The Kier molecular flexibility index (Phi) is 64.6. The molecule has 10 heteroatoms. The van der Waals surface area contributed by atoms with Crippen LogP contribution in [0.15, 0.2) is 134 Å². The summed E-state index contributed by atoms with van der Waals surface area (Å²) in [5, 5.41) is 0. The fourth-order valence-corrected chi connectivity index (χ4v) is 10.5. The van der Waals surface area contributed by atoms with Crippen molar-refractivity contribution in [1.82, 2.24) is 0 Å². The number of carbonyl (C=O) groups is 2. The second kappa shape index (κ2) is 67.5. The van der Waals surface area contributed by atoms with Crippen molar-refractivity contribution in [3.8, 4) is 0 Å². The molecule has 0 aromatic heterocycles. The lowest BCUT2D eigenvalue weighted by atomic mass is 10.0. The number of esters is 2. The molecule has 0 aromatic carbocycles. The Morgan fingerprint density at radius 1 is 0.352 bits per heavy atom. The predicted octanol–water partition coefficient (Wildman–Crippen LogP) is 23.6. The van der Waals surface area contributed by atoms with E-state index in [1.165, 1.54) is 148 Å². The summed E-state index contributed by atoms with van der Waals surface area (Å²) in [6, 6.07) is 0. The molecule has 0 amide bonds. The molecule has 0 aliphatic rings. The first-order valence-corrected chi connectivity index (χ1v) is 37.4. The topological polar surface area (TPSA) is 108 Å². The summed E-state index contributed by atoms with van der Waals surface area (Å²) < 4.78 is 34.7. The number of likely N-dealkylation sites (N-methyl/N-ethyl adjacent to an activating group) is 1. The van der Waals surface area contributed by atoms with Gasteiger partial charge < -0.3 is 18.9 Å². The van der Waals surface area contributed by atoms with Crippen LogP contribution < -0.4 is 0 Å². The van der Waals surface area contributed by atoms with Gasteiger partial charge in [-0.1, -0.05) is 308 Å². The van der Waals surface area contributed by atoms with Gasteiger partial charge >= 0.3 is 19.8 Å². The summed E-state index contributed by atoms with van der Waals surface area (Å²) in [4.78, 5) is 35.9. The standard InChI is InChI=1S/C78H134NO8P/c1-6-8-10-12-14-16-18-20-22-24-26-28-30-31-32-33-34-35-36-37-38-39-40-41-42-43-44-45-46-47-49-51-53-55-57-59-61-63-65-67-69-71-78(81)87-76(75-86-88(82,83)85-73-72-79(3,4)5)74-84-77(80)70-68-66-64-62-60-58-56-54-52-50-48-29-27-25-23-21-19-17-15-13-11-9-7-2/h8-11,14-17,20-23,26-29,31-32,34-35,50,52,76H,6-7,12-13,18-19,24-25,30,33,36-49,51,53-75H2,1-5H3/p+1/b10-8-,11-9-,16-14-,17-15-,22-20-,23-21-,28-26-,29-27-,32-31-,35-34-,52-50-. The molecule has 0 radical (unpaired) electrons. The smallest absolute Gasteiger partial charge is 0.462 e. The molecule has 0 heterocycles. The number of hydrogen-bond acceptors (Lipinski definition) is 7. The van der Waals surface area contributed by atoms with Crippen LogP contribution in [0, 0.1) is 0 Å². The van der Waals surface area contributed by atoms with Crippen LogP contribution >= 0.6 is 7.82 Å². The monoisotopic (exact) mass is 1240 g/mol. The Labute approximate surface area is 542 Å². The van der Waals surface area contributed by atoms with Crippen molar-refractivity contribution in [2.45, 2.75) is 302 Å². The Balaban J connectivity index is 3.99. The largest absolute Gasteiger partial charge is 0.472 e. The quantitative estimate of drug-likeness (QED) is 0.0211. The predicted molar refractivity (Wildman–Crippen MR) is 381 cm³/mol. The van der Waals surface area contributed by atoms with Crippen LogP contribution in [0.25, 0.3) is 0 Å². The summed E-state index contributed by atoms with van der Waals surface area (Å²) in [6.07, 6.45) is 98.5. The van der Waals surface area contributed by atoms with Gasteiger partial charge in [-0.05, 0) is 109 Å². The molecule has 0 aliphatic carbocycles. The summed E-state index contributed by atoms with van der Waals surface area (Å²) >= 11 is 0. The molecule has 0 spiro atoms. The van der Waals surface area contributed by atoms with Gasteiger partial charge in [-0.15, -0.1) is 0 Å². The molecule has 2 atom stereocenters. The highest BCUT2D eigenvalue weighted by Gasteiger charge is 2.27. The van der Waals surface area contributed by atoms with Gasteiger partial charge in [-0.3, -0.25) is 18.6 Å². The van der Waals surface area contributed by atoms with Gasteiger partial charge in [0.1, 0.15) is 19.8 Å². The molecule has 2 unspecified atom stereocenters. The Morgan fingerprint density at radius 2 is 0.614 bits per heavy atom. The van der Waals surface area contributed by atoms with Gasteiger partial charge in [0.25, 0.3) is 0 Å². The molecule has 0 fully saturated rings. The molecule has 0 rings (SSSR count). The van der Waals surface area contributed by atoms with Crippen molar-refractivity contribution < 1.29 is 42.1 Å². The van der Waals surface area contributed by atoms with Crippen molar-refractivity contribution in [2.24, 2.45) is 0 Å². The van der Waals surface area contributed by atoms with Gasteiger partial charge in [0, 0.05) is 12.8 Å². The van der Waals surface area contributed by atoms with E-state index in [-0.39, 0.29) is 32.0 Å². The van der Waals surface area contributed by atoms with Crippen molar-refractivity contribution in [1.29, 1.82) is 0 Å². The van der Waals surface area contributed by atoms with Gasteiger partial charge in [0.2, 0.25) is 0 Å². The SMILES string of the molecule is CC/C=C\C/C=C\C/C=C\C/C=C\C/C=C\C/C=C\CCCCCCCCCCCCCCCCCCCCCCCCC(=O)OC(COC(=O)CCCCCCCCC/C=C\C/C=C\C/C=C\C/C=C\C/C=C\CC)COP(=O)(O)OCC[N+](C)(C)C. The van der Waals surface area contributed by atoms with E-state index in [1.54, 1.807) is 0 Å². The van der Waals surface area contributed by atoms with E-state index in [9.17, 15) is 19.0 Å². The molecule has 0 saturated carbocycles. The minimum absolute atomic E-state index is 0.0256. The van der Waals surface area contributed by atoms with E-state index < -0.39 is 26.5 Å². The van der Waals surface area contributed by atoms with Crippen LogP contribution in [-0.4, -0.2) is 74.9 Å². The van der Waals surface area contributed by atoms with Crippen molar-refractivity contribution in [3.05, 3.63) is 134 Å². The van der Waals surface area contributed by atoms with Gasteiger partial charge in [0.15, 0.2) is 6.10 Å².